The van der Waals surface area contributed by atoms with Gasteiger partial charge >= 0.3 is 6.18 Å². The number of carbonyl (C=O) groups excluding carboxylic acids is 1. The quantitative estimate of drug-likeness (QED) is 0.583. The van der Waals surface area contributed by atoms with Crippen LogP contribution in [0.4, 0.5) is 18.9 Å². The molecular weight excluding hydrogens is 423 g/mol. The third-order valence-electron chi connectivity index (χ3n) is 5.85. The van der Waals surface area contributed by atoms with Crippen LogP contribution in [0.3, 0.4) is 0 Å². The number of fused-ring (bicyclic) bond motifs is 3. The number of ether oxygens (including phenoxy) is 1. The number of benzene rings is 2. The smallest absolute Gasteiger partial charge is 0.416 e. The van der Waals surface area contributed by atoms with Crippen LogP contribution >= 0.6 is 0 Å². The normalized spacial score (nSPS) is 15.8. The molecule has 0 saturated carbocycles. The minimum Gasteiger partial charge on any atom is -0.488 e. The lowest BCUT2D eigenvalue weighted by Crippen LogP contribution is -2.49. The number of piperazine rings is 1. The molecule has 0 N–H and O–H groups in total. The molecule has 2 aromatic carbocycles. The second kappa shape index (κ2) is 7.58. The van der Waals surface area contributed by atoms with Gasteiger partial charge in [0.15, 0.2) is 11.5 Å². The summed E-state index contributed by atoms with van der Waals surface area (Å²) in [7, 11) is 0. The summed E-state index contributed by atoms with van der Waals surface area (Å²) >= 11 is 0. The fraction of sp³-hybridized carbons (Fsp3) is 0.304. The molecule has 0 radical (unpaired) electrons. The molecule has 1 fully saturated rings. The van der Waals surface area contributed by atoms with E-state index in [-0.39, 0.29) is 18.2 Å². The Morgan fingerprint density at radius 1 is 1.06 bits per heavy atom. The Bertz CT molecular complexity index is 1180. The van der Waals surface area contributed by atoms with E-state index in [0.29, 0.717) is 48.9 Å². The molecule has 0 bridgehead atoms. The Balaban J connectivity index is 1.31. The van der Waals surface area contributed by atoms with Crippen LogP contribution in [0.1, 0.15) is 27.2 Å². The predicted octanol–water partition coefficient (Wildman–Crippen LogP) is 4.52. The molecule has 2 aliphatic rings. The molecule has 5 rings (SSSR count). The van der Waals surface area contributed by atoms with Crippen molar-refractivity contribution in [1.82, 2.24) is 10.1 Å². The first-order valence-corrected chi connectivity index (χ1v) is 10.2. The van der Waals surface area contributed by atoms with Gasteiger partial charge < -0.3 is 19.1 Å². The van der Waals surface area contributed by atoms with Gasteiger partial charge in [0.1, 0.15) is 12.4 Å². The second-order valence-electron chi connectivity index (χ2n) is 7.95. The lowest BCUT2D eigenvalue weighted by molar-refractivity contribution is -0.137. The summed E-state index contributed by atoms with van der Waals surface area (Å²) in [5, 5.41) is 4.03. The highest BCUT2D eigenvalue weighted by atomic mass is 19.4. The standard InChI is InChI=1S/C23H20F3N3O3/c1-14-5-6-19-17(11-14)21-18(13-31-19)20(27-32-21)22(30)29-9-7-28(8-10-29)16-4-2-3-15(12-16)23(24,25)26/h2-6,11-12H,7-10,13H2,1H3. The molecule has 1 saturated heterocycles. The molecule has 9 heteroatoms. The topological polar surface area (TPSA) is 58.8 Å². The van der Waals surface area contributed by atoms with Gasteiger partial charge in [-0.3, -0.25) is 4.79 Å². The third kappa shape index (κ3) is 3.57. The van der Waals surface area contributed by atoms with Crippen molar-refractivity contribution in [2.24, 2.45) is 0 Å². The van der Waals surface area contributed by atoms with E-state index < -0.39 is 11.7 Å². The van der Waals surface area contributed by atoms with E-state index in [9.17, 15) is 18.0 Å². The second-order valence-corrected chi connectivity index (χ2v) is 7.95. The van der Waals surface area contributed by atoms with Gasteiger partial charge in [-0.25, -0.2) is 0 Å². The Labute approximate surface area is 182 Å². The van der Waals surface area contributed by atoms with Gasteiger partial charge in [-0.1, -0.05) is 22.9 Å². The molecule has 0 atom stereocenters. The maximum absolute atomic E-state index is 13.1. The maximum Gasteiger partial charge on any atom is 0.416 e. The highest BCUT2D eigenvalue weighted by Crippen LogP contribution is 2.39. The van der Waals surface area contributed by atoms with Crippen LogP contribution in [0.15, 0.2) is 47.0 Å². The summed E-state index contributed by atoms with van der Waals surface area (Å²) in [5.41, 5.74) is 2.46. The molecule has 1 aromatic heterocycles. The number of aromatic nitrogens is 1. The molecule has 6 nitrogen and oxygen atoms in total. The van der Waals surface area contributed by atoms with Gasteiger partial charge in [0, 0.05) is 31.9 Å². The van der Waals surface area contributed by atoms with E-state index in [4.69, 9.17) is 9.26 Å². The van der Waals surface area contributed by atoms with Gasteiger partial charge in [0.25, 0.3) is 5.91 Å². The van der Waals surface area contributed by atoms with E-state index in [1.807, 2.05) is 30.0 Å². The number of carbonyl (C=O) groups is 1. The van der Waals surface area contributed by atoms with Crippen molar-refractivity contribution in [3.8, 4) is 17.1 Å². The maximum atomic E-state index is 13.1. The molecule has 3 aromatic rings. The number of alkyl halides is 3. The van der Waals surface area contributed by atoms with Crippen molar-refractivity contribution >= 4 is 11.6 Å². The van der Waals surface area contributed by atoms with E-state index in [1.165, 1.54) is 6.07 Å². The SMILES string of the molecule is Cc1ccc2c(c1)-c1onc(C(=O)N3CCN(c4cccc(C(F)(F)F)c4)CC3)c1CO2. The zero-order chi connectivity index (χ0) is 22.5. The van der Waals surface area contributed by atoms with E-state index >= 15 is 0 Å². The largest absolute Gasteiger partial charge is 0.488 e. The number of hydrogen-bond donors (Lipinski definition) is 0. The van der Waals surface area contributed by atoms with Crippen LogP contribution in [-0.4, -0.2) is 42.1 Å². The number of hydrogen-bond acceptors (Lipinski definition) is 5. The predicted molar refractivity (Wildman–Crippen MR) is 111 cm³/mol. The first-order chi connectivity index (χ1) is 15.3. The third-order valence-corrected chi connectivity index (χ3v) is 5.85. The molecule has 0 unspecified atom stereocenters. The Hall–Kier alpha value is -3.49. The van der Waals surface area contributed by atoms with Crippen molar-refractivity contribution in [2.75, 3.05) is 31.1 Å². The van der Waals surface area contributed by atoms with E-state index in [1.54, 1.807) is 11.0 Å². The van der Waals surface area contributed by atoms with Gasteiger partial charge in [-0.2, -0.15) is 13.2 Å². The average molecular weight is 443 g/mol. The average Bonchev–Trinajstić information content (AvgIpc) is 3.23. The highest BCUT2D eigenvalue weighted by Gasteiger charge is 2.33. The lowest BCUT2D eigenvalue weighted by atomic mass is 10.0. The number of nitrogens with zero attached hydrogens (tertiary/aromatic N) is 3. The van der Waals surface area contributed by atoms with Crippen LogP contribution in [0, 0.1) is 6.92 Å². The summed E-state index contributed by atoms with van der Waals surface area (Å²) in [6.45, 7) is 3.73. The number of aryl methyl sites for hydroxylation is 1. The minimum absolute atomic E-state index is 0.195. The highest BCUT2D eigenvalue weighted by molar-refractivity contribution is 5.96. The van der Waals surface area contributed by atoms with Gasteiger partial charge in [0.05, 0.1) is 16.7 Å². The van der Waals surface area contributed by atoms with Crippen molar-refractivity contribution < 1.29 is 27.2 Å². The van der Waals surface area contributed by atoms with Crippen molar-refractivity contribution in [2.45, 2.75) is 19.7 Å². The molecule has 2 aliphatic heterocycles. The summed E-state index contributed by atoms with van der Waals surface area (Å²) in [5.74, 6) is 0.965. The molecule has 0 spiro atoms. The summed E-state index contributed by atoms with van der Waals surface area (Å²) < 4.78 is 50.4. The number of amides is 1. The molecule has 1 amide bonds. The lowest BCUT2D eigenvalue weighted by Gasteiger charge is -2.36. The van der Waals surface area contributed by atoms with Crippen molar-refractivity contribution in [3.05, 3.63) is 64.8 Å². The first-order valence-electron chi connectivity index (χ1n) is 10.2. The monoisotopic (exact) mass is 443 g/mol. The fourth-order valence-electron chi connectivity index (χ4n) is 4.12. The zero-order valence-electron chi connectivity index (χ0n) is 17.3. The number of halogens is 3. The van der Waals surface area contributed by atoms with Gasteiger partial charge in [-0.05, 0) is 37.3 Å². The molecule has 3 heterocycles. The molecule has 166 valence electrons. The molecule has 0 aliphatic carbocycles. The van der Waals surface area contributed by atoms with Gasteiger partial charge in [-0.15, -0.1) is 0 Å². The summed E-state index contributed by atoms with van der Waals surface area (Å²) in [4.78, 5) is 16.6. The van der Waals surface area contributed by atoms with Crippen LogP contribution in [0.5, 0.6) is 5.75 Å². The zero-order valence-corrected chi connectivity index (χ0v) is 17.3. The van der Waals surface area contributed by atoms with Crippen molar-refractivity contribution in [1.29, 1.82) is 0 Å². The van der Waals surface area contributed by atoms with Gasteiger partial charge in [0.2, 0.25) is 0 Å². The van der Waals surface area contributed by atoms with Crippen LogP contribution in [0.25, 0.3) is 11.3 Å². The fourth-order valence-corrected chi connectivity index (χ4v) is 4.12. The Morgan fingerprint density at radius 3 is 2.59 bits per heavy atom. The first kappa shape index (κ1) is 20.4. The summed E-state index contributed by atoms with van der Waals surface area (Å²) in [6, 6.07) is 11.0. The van der Waals surface area contributed by atoms with Crippen LogP contribution in [0.2, 0.25) is 0 Å². The Kier molecular flexibility index (Phi) is 4.83. The Morgan fingerprint density at radius 2 is 1.84 bits per heavy atom. The van der Waals surface area contributed by atoms with Crippen LogP contribution in [-0.2, 0) is 12.8 Å². The molecule has 32 heavy (non-hydrogen) atoms. The minimum atomic E-state index is -4.39. The van der Waals surface area contributed by atoms with Crippen LogP contribution < -0.4 is 9.64 Å². The number of anilines is 1. The number of rotatable bonds is 2. The van der Waals surface area contributed by atoms with E-state index in [0.717, 1.165) is 23.3 Å². The summed E-state index contributed by atoms with van der Waals surface area (Å²) in [6.07, 6.45) is -4.39. The van der Waals surface area contributed by atoms with E-state index in [2.05, 4.69) is 5.16 Å². The molecular formula is C23H20F3N3O3. The van der Waals surface area contributed by atoms with Crippen molar-refractivity contribution in [3.63, 3.8) is 0 Å².